The standard InChI is InChI=1S/C72H140O17P2/c1-6-9-12-15-18-21-23-25-27-28-29-30-31-33-35-37-42-47-52-57-71(76)88-67(62-83-70(75)56-51-46-41-36-34-32-26-24-22-19-16-13-10-7-2)63-86-90(78,79)84-59-66(73)60-85-91(80,81)87-64-68(61-82-69(74)55-50-45-40-20-17-14-11-8-3)89-72(77)58-53-48-43-38-39-44-49-54-65(4)5/h65-68,73H,6-64H2,1-5H3,(H,78,79)(H,80,81)/t66-,67-,68-/m1/s1. The molecule has 0 aliphatic heterocycles. The molecule has 0 aromatic rings. The minimum atomic E-state index is -4.95. The number of hydrogen-bond acceptors (Lipinski definition) is 15. The van der Waals surface area contributed by atoms with E-state index in [4.69, 9.17) is 37.0 Å². The number of carbonyl (C=O) groups is 4. The van der Waals surface area contributed by atoms with Crippen LogP contribution in [-0.2, 0) is 65.4 Å². The van der Waals surface area contributed by atoms with Crippen LogP contribution in [0.4, 0.5) is 0 Å². The number of unbranched alkanes of at least 4 members (excludes halogenated alkanes) is 44. The third kappa shape index (κ3) is 66.5. The second-order valence-corrected chi connectivity index (χ2v) is 29.4. The number of phosphoric acid groups is 2. The highest BCUT2D eigenvalue weighted by atomic mass is 31.2. The van der Waals surface area contributed by atoms with Gasteiger partial charge in [0.25, 0.3) is 0 Å². The van der Waals surface area contributed by atoms with Gasteiger partial charge in [-0.25, -0.2) is 9.13 Å². The van der Waals surface area contributed by atoms with Crippen LogP contribution in [0.15, 0.2) is 0 Å². The van der Waals surface area contributed by atoms with Crippen molar-refractivity contribution in [2.24, 2.45) is 5.92 Å². The predicted molar refractivity (Wildman–Crippen MR) is 368 cm³/mol. The van der Waals surface area contributed by atoms with Crippen molar-refractivity contribution in [3.05, 3.63) is 0 Å². The van der Waals surface area contributed by atoms with Gasteiger partial charge in [-0.1, -0.05) is 324 Å². The molecule has 0 aromatic carbocycles. The van der Waals surface area contributed by atoms with Crippen LogP contribution in [0.5, 0.6) is 0 Å². The van der Waals surface area contributed by atoms with Gasteiger partial charge in [0.2, 0.25) is 0 Å². The van der Waals surface area contributed by atoms with Crippen molar-refractivity contribution in [1.82, 2.24) is 0 Å². The lowest BCUT2D eigenvalue weighted by Gasteiger charge is -2.21. The maximum Gasteiger partial charge on any atom is 0.472 e. The van der Waals surface area contributed by atoms with Crippen LogP contribution in [-0.4, -0.2) is 96.7 Å². The summed E-state index contributed by atoms with van der Waals surface area (Å²) in [7, 11) is -9.90. The fourth-order valence-electron chi connectivity index (χ4n) is 11.0. The van der Waals surface area contributed by atoms with Crippen LogP contribution >= 0.6 is 15.6 Å². The molecule has 0 aliphatic rings. The van der Waals surface area contributed by atoms with Crippen LogP contribution in [0.1, 0.15) is 375 Å². The van der Waals surface area contributed by atoms with Gasteiger partial charge in [0, 0.05) is 25.7 Å². The van der Waals surface area contributed by atoms with Gasteiger partial charge in [-0.3, -0.25) is 37.3 Å². The minimum Gasteiger partial charge on any atom is -0.462 e. The Morgan fingerprint density at radius 1 is 0.297 bits per heavy atom. The number of rotatable bonds is 72. The summed E-state index contributed by atoms with van der Waals surface area (Å²) in [6.45, 7) is 7.17. The maximum absolute atomic E-state index is 13.0. The zero-order valence-corrected chi connectivity index (χ0v) is 60.8. The summed E-state index contributed by atoms with van der Waals surface area (Å²) in [5.74, 6) is -1.43. The predicted octanol–water partition coefficient (Wildman–Crippen LogP) is 20.9. The summed E-state index contributed by atoms with van der Waals surface area (Å²) in [6, 6.07) is 0. The number of aliphatic hydroxyl groups is 1. The molecule has 0 heterocycles. The molecule has 0 aromatic heterocycles. The lowest BCUT2D eigenvalue weighted by Crippen LogP contribution is -2.30. The molecule has 0 aliphatic carbocycles. The van der Waals surface area contributed by atoms with Gasteiger partial charge in [0.05, 0.1) is 26.4 Å². The van der Waals surface area contributed by atoms with Gasteiger partial charge in [0.1, 0.15) is 19.3 Å². The summed E-state index contributed by atoms with van der Waals surface area (Å²) in [6.07, 6.45) is 52.9. The van der Waals surface area contributed by atoms with Crippen molar-refractivity contribution >= 4 is 39.5 Å². The molecule has 17 nitrogen and oxygen atoms in total. The van der Waals surface area contributed by atoms with E-state index >= 15 is 0 Å². The van der Waals surface area contributed by atoms with E-state index in [2.05, 4.69) is 34.6 Å². The number of carbonyl (C=O) groups excluding carboxylic acids is 4. The molecule has 0 fully saturated rings. The molecule has 3 N–H and O–H groups in total. The first-order chi connectivity index (χ1) is 44.0. The first-order valence-corrected chi connectivity index (χ1v) is 40.6. The normalized spacial score (nSPS) is 14.0. The molecule has 2 unspecified atom stereocenters. The zero-order valence-electron chi connectivity index (χ0n) is 59.0. The van der Waals surface area contributed by atoms with Crippen LogP contribution in [0.25, 0.3) is 0 Å². The van der Waals surface area contributed by atoms with Gasteiger partial charge >= 0.3 is 39.5 Å². The Morgan fingerprint density at radius 3 is 0.747 bits per heavy atom. The Balaban J connectivity index is 5.19. The number of esters is 4. The molecule has 0 radical (unpaired) electrons. The topological polar surface area (TPSA) is 237 Å². The van der Waals surface area contributed by atoms with Crippen molar-refractivity contribution in [2.75, 3.05) is 39.6 Å². The van der Waals surface area contributed by atoms with Gasteiger partial charge in [0.15, 0.2) is 12.2 Å². The van der Waals surface area contributed by atoms with Crippen LogP contribution < -0.4 is 0 Å². The summed E-state index contributed by atoms with van der Waals surface area (Å²) in [5, 5.41) is 10.6. The van der Waals surface area contributed by atoms with Crippen LogP contribution in [0, 0.1) is 5.92 Å². The van der Waals surface area contributed by atoms with Crippen molar-refractivity contribution < 1.29 is 80.2 Å². The van der Waals surface area contributed by atoms with E-state index in [9.17, 15) is 43.2 Å². The first kappa shape index (κ1) is 89.1. The third-order valence-electron chi connectivity index (χ3n) is 16.8. The highest BCUT2D eigenvalue weighted by molar-refractivity contribution is 7.47. The van der Waals surface area contributed by atoms with E-state index in [1.807, 2.05) is 0 Å². The lowest BCUT2D eigenvalue weighted by atomic mass is 10.0. The average molecular weight is 1340 g/mol. The second kappa shape index (κ2) is 65.4. The quantitative estimate of drug-likeness (QED) is 0.0222. The Labute approximate surface area is 556 Å². The molecule has 540 valence electrons. The zero-order chi connectivity index (χ0) is 67.0. The van der Waals surface area contributed by atoms with Crippen molar-refractivity contribution in [2.45, 2.75) is 393 Å². The van der Waals surface area contributed by atoms with E-state index in [-0.39, 0.29) is 25.7 Å². The lowest BCUT2D eigenvalue weighted by molar-refractivity contribution is -0.161. The summed E-state index contributed by atoms with van der Waals surface area (Å²) in [5.41, 5.74) is 0. The third-order valence-corrected chi connectivity index (χ3v) is 18.7. The SMILES string of the molecule is CCCCCCCCCCCCCCCCCCCCCC(=O)O[C@H](COC(=O)CCCCCCCCCCCCCCCC)COP(=O)(O)OC[C@@H](O)COP(=O)(O)OC[C@@H](COC(=O)CCCCCCCCCC)OC(=O)CCCCCCCCCC(C)C. The average Bonchev–Trinajstić information content (AvgIpc) is 2.67. The van der Waals surface area contributed by atoms with Crippen molar-refractivity contribution in [1.29, 1.82) is 0 Å². The molecule has 0 spiro atoms. The number of phosphoric ester groups is 2. The van der Waals surface area contributed by atoms with Crippen LogP contribution in [0.2, 0.25) is 0 Å². The molecule has 0 saturated heterocycles. The van der Waals surface area contributed by atoms with Gasteiger partial charge in [-0.2, -0.15) is 0 Å². The summed E-state index contributed by atoms with van der Waals surface area (Å²) < 4.78 is 68.3. The molecule has 0 amide bonds. The fraction of sp³-hybridized carbons (Fsp3) is 0.944. The van der Waals surface area contributed by atoms with Crippen LogP contribution in [0.3, 0.4) is 0 Å². The van der Waals surface area contributed by atoms with Crippen molar-refractivity contribution in [3.63, 3.8) is 0 Å². The van der Waals surface area contributed by atoms with Gasteiger partial charge in [-0.15, -0.1) is 0 Å². The highest BCUT2D eigenvalue weighted by Gasteiger charge is 2.30. The molecular formula is C72H140O17P2. The maximum atomic E-state index is 13.0. The molecule has 0 rings (SSSR count). The molecular weight excluding hydrogens is 1200 g/mol. The summed E-state index contributed by atoms with van der Waals surface area (Å²) in [4.78, 5) is 72.5. The molecule has 0 saturated carbocycles. The monoisotopic (exact) mass is 1340 g/mol. The highest BCUT2D eigenvalue weighted by Crippen LogP contribution is 2.45. The Hall–Kier alpha value is -1.94. The molecule has 91 heavy (non-hydrogen) atoms. The number of aliphatic hydroxyl groups excluding tert-OH is 1. The van der Waals surface area contributed by atoms with Gasteiger partial charge < -0.3 is 33.8 Å². The van der Waals surface area contributed by atoms with E-state index in [0.29, 0.717) is 31.6 Å². The minimum absolute atomic E-state index is 0.104. The van der Waals surface area contributed by atoms with E-state index < -0.39 is 97.5 Å². The van der Waals surface area contributed by atoms with E-state index in [1.165, 1.54) is 193 Å². The van der Waals surface area contributed by atoms with Crippen molar-refractivity contribution in [3.8, 4) is 0 Å². The molecule has 5 atom stereocenters. The second-order valence-electron chi connectivity index (χ2n) is 26.5. The fourth-order valence-corrected chi connectivity index (χ4v) is 12.6. The van der Waals surface area contributed by atoms with E-state index in [1.54, 1.807) is 0 Å². The first-order valence-electron chi connectivity index (χ1n) is 37.6. The number of hydrogen-bond donors (Lipinski definition) is 3. The van der Waals surface area contributed by atoms with E-state index in [0.717, 1.165) is 96.3 Å². The number of ether oxygens (including phenoxy) is 4. The van der Waals surface area contributed by atoms with Gasteiger partial charge in [-0.05, 0) is 31.6 Å². The summed E-state index contributed by atoms with van der Waals surface area (Å²) >= 11 is 0. The Bertz CT molecular complexity index is 1750. The molecule has 0 bridgehead atoms. The largest absolute Gasteiger partial charge is 0.472 e. The molecule has 19 heteroatoms. The Morgan fingerprint density at radius 2 is 0.505 bits per heavy atom. The smallest absolute Gasteiger partial charge is 0.462 e. The Kier molecular flexibility index (Phi) is 64.0.